The lowest BCUT2D eigenvalue weighted by atomic mass is 10.2. The van der Waals surface area contributed by atoms with Gasteiger partial charge in [0.2, 0.25) is 5.95 Å². The first kappa shape index (κ1) is 21.2. The number of carboxylic acid groups (broad SMARTS) is 1. The zero-order valence-corrected chi connectivity index (χ0v) is 16.1. The van der Waals surface area contributed by atoms with Crippen LogP contribution >= 0.6 is 11.3 Å². The van der Waals surface area contributed by atoms with E-state index in [1.807, 2.05) is 0 Å². The molecule has 2 heterocycles. The zero-order valence-electron chi connectivity index (χ0n) is 15.3. The first-order valence-electron chi connectivity index (χ1n) is 8.01. The summed E-state index contributed by atoms with van der Waals surface area (Å²) in [6.45, 7) is 4.45. The minimum atomic E-state index is -1.42. The van der Waals surface area contributed by atoms with E-state index in [9.17, 15) is 14.4 Å². The fourth-order valence-electron chi connectivity index (χ4n) is 1.83. The predicted molar refractivity (Wildman–Crippen MR) is 99.0 cm³/mol. The number of nitrogens with one attached hydrogen (secondary N) is 2. The molecule has 2 aromatic heterocycles. The molecule has 0 bridgehead atoms. The molecule has 0 fully saturated rings. The van der Waals surface area contributed by atoms with E-state index in [2.05, 4.69) is 25.6 Å². The van der Waals surface area contributed by atoms with Crippen molar-refractivity contribution in [2.24, 2.45) is 0 Å². The second-order valence-electron chi connectivity index (χ2n) is 6.51. The number of ether oxygens (including phenoxy) is 1. The van der Waals surface area contributed by atoms with Gasteiger partial charge < -0.3 is 20.3 Å². The number of aromatic nitrogens is 3. The zero-order chi connectivity index (χ0) is 20.9. The highest BCUT2D eigenvalue weighted by atomic mass is 32.1. The number of carboxylic acids is 1. The van der Waals surface area contributed by atoms with Gasteiger partial charge in [-0.3, -0.25) is 10.1 Å². The van der Waals surface area contributed by atoms with Crippen molar-refractivity contribution >= 4 is 35.3 Å². The number of aliphatic hydroxyl groups excluding tert-OH is 1. The maximum Gasteiger partial charge on any atom is 0.414 e. The van der Waals surface area contributed by atoms with Gasteiger partial charge in [0.05, 0.1) is 6.61 Å². The number of carbonyl (C=O) groups is 3. The molecule has 0 aliphatic heterocycles. The van der Waals surface area contributed by atoms with Crippen LogP contribution in [0.3, 0.4) is 0 Å². The molecule has 0 aliphatic carbocycles. The normalized spacial score (nSPS) is 12.1. The standard InChI is InChI=1S/C16H19N5O6S/c1-16(2,3)27-15(26)21-14-17-4-8(5-18-14)12-20-10(7-28-12)11(23)19-9(6-22)13(24)25/h4-5,7,9,22H,6H2,1-3H3,(H,19,23)(H,24,25)(H,17,18,21,26)/t9-/m0/s1. The maximum absolute atomic E-state index is 12.0. The minimum absolute atomic E-state index is 0.00402. The van der Waals surface area contributed by atoms with Crippen LogP contribution in [0.4, 0.5) is 10.7 Å². The molecular formula is C16H19N5O6S. The number of carbonyl (C=O) groups excluding carboxylic acids is 2. The molecule has 0 saturated heterocycles. The lowest BCUT2D eigenvalue weighted by Gasteiger charge is -2.19. The Bertz CT molecular complexity index is 861. The Kier molecular flexibility index (Phi) is 6.59. The number of hydrogen-bond donors (Lipinski definition) is 4. The summed E-state index contributed by atoms with van der Waals surface area (Å²) in [6.07, 6.45) is 2.13. The number of nitrogens with zero attached hydrogens (tertiary/aromatic N) is 3. The van der Waals surface area contributed by atoms with E-state index in [0.717, 1.165) is 11.3 Å². The summed E-state index contributed by atoms with van der Waals surface area (Å²) < 4.78 is 5.10. The molecule has 11 nitrogen and oxygen atoms in total. The minimum Gasteiger partial charge on any atom is -0.480 e. The van der Waals surface area contributed by atoms with Crippen LogP contribution in [0, 0.1) is 0 Å². The van der Waals surface area contributed by atoms with Crippen LogP contribution < -0.4 is 10.6 Å². The number of aliphatic hydroxyl groups is 1. The summed E-state index contributed by atoms with van der Waals surface area (Å²) in [7, 11) is 0. The van der Waals surface area contributed by atoms with E-state index in [4.69, 9.17) is 14.9 Å². The van der Waals surface area contributed by atoms with E-state index >= 15 is 0 Å². The third-order valence-electron chi connectivity index (χ3n) is 3.03. The molecule has 1 atom stereocenters. The Hall–Kier alpha value is -3.12. The molecule has 12 heteroatoms. The average molecular weight is 409 g/mol. The molecule has 0 unspecified atom stereocenters. The van der Waals surface area contributed by atoms with Crippen molar-refractivity contribution in [1.82, 2.24) is 20.3 Å². The summed E-state index contributed by atoms with van der Waals surface area (Å²) in [4.78, 5) is 46.7. The van der Waals surface area contributed by atoms with Crippen molar-refractivity contribution in [3.63, 3.8) is 0 Å². The maximum atomic E-state index is 12.0. The Balaban J connectivity index is 2.04. The number of thiazole rings is 1. The van der Waals surface area contributed by atoms with Crippen LogP contribution in [-0.2, 0) is 9.53 Å². The van der Waals surface area contributed by atoms with Gasteiger partial charge in [0.25, 0.3) is 5.91 Å². The van der Waals surface area contributed by atoms with Crippen LogP contribution in [0.25, 0.3) is 10.6 Å². The van der Waals surface area contributed by atoms with Gasteiger partial charge in [-0.2, -0.15) is 0 Å². The molecule has 150 valence electrons. The first-order chi connectivity index (χ1) is 13.1. The lowest BCUT2D eigenvalue weighted by molar-refractivity contribution is -0.140. The van der Waals surface area contributed by atoms with Gasteiger partial charge in [-0.25, -0.2) is 24.5 Å². The van der Waals surface area contributed by atoms with Crippen LogP contribution in [0.1, 0.15) is 31.3 Å². The van der Waals surface area contributed by atoms with E-state index in [0.29, 0.717) is 10.6 Å². The smallest absolute Gasteiger partial charge is 0.414 e. The van der Waals surface area contributed by atoms with Gasteiger partial charge in [-0.1, -0.05) is 0 Å². The summed E-state index contributed by atoms with van der Waals surface area (Å²) in [5.41, 5.74) is -0.163. The van der Waals surface area contributed by atoms with Crippen LogP contribution in [0.5, 0.6) is 0 Å². The van der Waals surface area contributed by atoms with Gasteiger partial charge in [0.1, 0.15) is 16.3 Å². The van der Waals surface area contributed by atoms with Gasteiger partial charge in [0, 0.05) is 23.3 Å². The van der Waals surface area contributed by atoms with Gasteiger partial charge >= 0.3 is 12.1 Å². The number of amides is 2. The van der Waals surface area contributed by atoms with Crippen molar-refractivity contribution in [3.8, 4) is 10.6 Å². The Labute approximate surface area is 163 Å². The van der Waals surface area contributed by atoms with Crippen LogP contribution in [0.15, 0.2) is 17.8 Å². The summed E-state index contributed by atoms with van der Waals surface area (Å²) in [6, 6.07) is -1.42. The summed E-state index contributed by atoms with van der Waals surface area (Å²) >= 11 is 1.13. The largest absolute Gasteiger partial charge is 0.480 e. The number of aliphatic carboxylic acids is 1. The third kappa shape index (κ3) is 5.96. The first-order valence-corrected chi connectivity index (χ1v) is 8.89. The van der Waals surface area contributed by atoms with E-state index in [-0.39, 0.29) is 11.6 Å². The quantitative estimate of drug-likeness (QED) is 0.547. The number of rotatable bonds is 6. The summed E-state index contributed by atoms with van der Waals surface area (Å²) in [5, 5.41) is 24.2. The lowest BCUT2D eigenvalue weighted by Crippen LogP contribution is -2.43. The fourth-order valence-corrected chi connectivity index (χ4v) is 2.60. The van der Waals surface area contributed by atoms with E-state index in [1.54, 1.807) is 20.8 Å². The molecule has 0 spiro atoms. The Morgan fingerprint density at radius 2 is 1.89 bits per heavy atom. The average Bonchev–Trinajstić information content (AvgIpc) is 3.08. The second kappa shape index (κ2) is 8.71. The molecule has 2 amide bonds. The second-order valence-corrected chi connectivity index (χ2v) is 7.37. The topological polar surface area (TPSA) is 164 Å². The van der Waals surface area contributed by atoms with Crippen molar-refractivity contribution in [2.75, 3.05) is 11.9 Å². The van der Waals surface area contributed by atoms with Gasteiger partial charge in [-0.05, 0) is 20.8 Å². The van der Waals surface area contributed by atoms with Crippen molar-refractivity contribution in [3.05, 3.63) is 23.5 Å². The molecule has 0 saturated carbocycles. The number of anilines is 1. The van der Waals surface area contributed by atoms with Gasteiger partial charge in [0.15, 0.2) is 6.04 Å². The predicted octanol–water partition coefficient (Wildman–Crippen LogP) is 1.12. The van der Waals surface area contributed by atoms with Crippen molar-refractivity contribution < 1.29 is 29.3 Å². The van der Waals surface area contributed by atoms with Crippen LogP contribution in [-0.4, -0.2) is 61.4 Å². The van der Waals surface area contributed by atoms with Crippen molar-refractivity contribution in [2.45, 2.75) is 32.4 Å². The van der Waals surface area contributed by atoms with Crippen molar-refractivity contribution in [1.29, 1.82) is 0 Å². The monoisotopic (exact) mass is 409 g/mol. The third-order valence-corrected chi connectivity index (χ3v) is 3.93. The molecular weight excluding hydrogens is 390 g/mol. The molecule has 0 aromatic carbocycles. The Morgan fingerprint density at radius 3 is 2.43 bits per heavy atom. The molecule has 2 rings (SSSR count). The highest BCUT2D eigenvalue weighted by Crippen LogP contribution is 2.23. The Morgan fingerprint density at radius 1 is 1.25 bits per heavy atom. The van der Waals surface area contributed by atoms with Crippen LogP contribution in [0.2, 0.25) is 0 Å². The van der Waals surface area contributed by atoms with E-state index < -0.39 is 36.2 Å². The SMILES string of the molecule is CC(C)(C)OC(=O)Nc1ncc(-c2nc(C(=O)N[C@@H](CO)C(=O)O)cs2)cn1. The number of hydrogen-bond acceptors (Lipinski definition) is 9. The molecule has 4 N–H and O–H groups in total. The highest BCUT2D eigenvalue weighted by Gasteiger charge is 2.21. The van der Waals surface area contributed by atoms with Gasteiger partial charge in [-0.15, -0.1) is 11.3 Å². The fraction of sp³-hybridized carbons (Fsp3) is 0.375. The molecule has 2 aromatic rings. The van der Waals surface area contributed by atoms with E-state index in [1.165, 1.54) is 17.8 Å². The highest BCUT2D eigenvalue weighted by molar-refractivity contribution is 7.13. The summed E-state index contributed by atoms with van der Waals surface area (Å²) in [5.74, 6) is -2.04. The molecule has 28 heavy (non-hydrogen) atoms. The molecule has 0 radical (unpaired) electrons. The molecule has 0 aliphatic rings.